The average Bonchev–Trinajstić information content (AvgIpc) is 1.97. The molecule has 0 amide bonds. The van der Waals surface area contributed by atoms with Crippen LogP contribution in [-0.4, -0.2) is 31.8 Å². The van der Waals surface area contributed by atoms with Gasteiger partial charge in [-0.1, -0.05) is 0 Å². The van der Waals surface area contributed by atoms with Gasteiger partial charge in [0.15, 0.2) is 0 Å². The first-order valence-electron chi connectivity index (χ1n) is 4.85. The monoisotopic (exact) mass is 211 g/mol. The van der Waals surface area contributed by atoms with Crippen molar-refractivity contribution in [3.05, 3.63) is 0 Å². The average molecular weight is 211 g/mol. The molecule has 2 unspecified atom stereocenters. The van der Waals surface area contributed by atoms with Crippen LogP contribution in [0.25, 0.3) is 0 Å². The van der Waals surface area contributed by atoms with Gasteiger partial charge in [0.05, 0.1) is 18.3 Å². The van der Waals surface area contributed by atoms with Crippen molar-refractivity contribution in [2.24, 2.45) is 0 Å². The van der Waals surface area contributed by atoms with E-state index in [-0.39, 0.29) is 18.3 Å². The third-order valence-electron chi connectivity index (χ3n) is 2.18. The second kappa shape index (κ2) is 4.53. The zero-order chi connectivity index (χ0) is 10.8. The molecule has 6 heteroatoms. The van der Waals surface area contributed by atoms with Gasteiger partial charge in [-0.3, -0.25) is 0 Å². The summed E-state index contributed by atoms with van der Waals surface area (Å²) in [5.41, 5.74) is 0. The molecule has 0 radical (unpaired) electrons. The summed E-state index contributed by atoms with van der Waals surface area (Å²) in [4.78, 5) is 0. The molecule has 2 nitrogen and oxygen atoms in total. The molecular weight excluding hydrogens is 196 g/mol. The van der Waals surface area contributed by atoms with E-state index in [2.05, 4.69) is 0 Å². The Labute approximate surface area is 81.8 Å². The largest absolute Gasteiger partial charge is 0.503 e. The summed E-state index contributed by atoms with van der Waals surface area (Å²) < 4.78 is 45.9. The topological polar surface area (TPSA) is 18.5 Å². The van der Waals surface area contributed by atoms with Gasteiger partial charge in [-0.2, -0.15) is 0 Å². The Balaban J connectivity index is 2.30. The molecule has 1 fully saturated rings. The Bertz CT molecular complexity index is 176. The van der Waals surface area contributed by atoms with Gasteiger partial charge in [0, 0.05) is 6.51 Å². The van der Waals surface area contributed by atoms with Gasteiger partial charge in [-0.25, -0.2) is 0 Å². The summed E-state index contributed by atoms with van der Waals surface area (Å²) in [6.07, 6.45) is 0.777. The van der Waals surface area contributed by atoms with Crippen LogP contribution in [0.4, 0.5) is 12.9 Å². The molecule has 0 N–H and O–H groups in total. The lowest BCUT2D eigenvalue weighted by Crippen LogP contribution is -2.37. The summed E-state index contributed by atoms with van der Waals surface area (Å²) >= 11 is 0. The van der Waals surface area contributed by atoms with E-state index in [4.69, 9.17) is 9.47 Å². The molecule has 1 heterocycles. The normalized spacial score (nSPS) is 34.5. The van der Waals surface area contributed by atoms with Gasteiger partial charge in [-0.15, -0.1) is 0 Å². The molecular formula is C8H15BF3O2-. The van der Waals surface area contributed by atoms with Crippen LogP contribution in [0, 0.1) is 0 Å². The SMILES string of the molecule is CC1CC(OC[B-](F)(F)F)CC(C)O1. The van der Waals surface area contributed by atoms with Crippen molar-refractivity contribution in [1.29, 1.82) is 0 Å². The minimum Gasteiger partial charge on any atom is -0.447 e. The van der Waals surface area contributed by atoms with Crippen molar-refractivity contribution in [3.63, 3.8) is 0 Å². The zero-order valence-corrected chi connectivity index (χ0v) is 8.38. The van der Waals surface area contributed by atoms with E-state index >= 15 is 0 Å². The second-order valence-corrected chi connectivity index (χ2v) is 3.89. The van der Waals surface area contributed by atoms with Crippen molar-refractivity contribution in [1.82, 2.24) is 0 Å². The standard InChI is InChI=1S/C8H15BF3O2/c1-6-3-8(4-7(2)14-6)13-5-9(10,11)12/h6-8H,3-5H2,1-2H3/q-1. The lowest BCUT2D eigenvalue weighted by atomic mass is 9.94. The number of ether oxygens (including phenoxy) is 2. The Kier molecular flexibility index (Phi) is 3.83. The Morgan fingerprint density at radius 1 is 1.21 bits per heavy atom. The Morgan fingerprint density at radius 3 is 2.14 bits per heavy atom. The van der Waals surface area contributed by atoms with Crippen LogP contribution >= 0.6 is 0 Å². The molecule has 14 heavy (non-hydrogen) atoms. The van der Waals surface area contributed by atoms with Crippen LogP contribution < -0.4 is 0 Å². The molecule has 1 saturated heterocycles. The number of halogens is 3. The number of rotatable bonds is 3. The summed E-state index contributed by atoms with van der Waals surface area (Å²) in [5.74, 6) is 0. The van der Waals surface area contributed by atoms with Gasteiger partial charge in [0.1, 0.15) is 0 Å². The summed E-state index contributed by atoms with van der Waals surface area (Å²) in [6.45, 7) is -2.21. The van der Waals surface area contributed by atoms with Crippen LogP contribution in [0.15, 0.2) is 0 Å². The molecule has 0 saturated carbocycles. The Morgan fingerprint density at radius 2 is 1.71 bits per heavy atom. The molecule has 1 aliphatic rings. The van der Waals surface area contributed by atoms with Gasteiger partial charge < -0.3 is 22.4 Å². The molecule has 1 rings (SSSR count). The third kappa shape index (κ3) is 4.33. The predicted molar refractivity (Wildman–Crippen MR) is 48.1 cm³/mol. The molecule has 0 bridgehead atoms. The molecule has 1 aliphatic heterocycles. The van der Waals surface area contributed by atoms with Gasteiger partial charge in [0.25, 0.3) is 0 Å². The lowest BCUT2D eigenvalue weighted by molar-refractivity contribution is -0.0971. The number of hydrogen-bond acceptors (Lipinski definition) is 2. The maximum atomic E-state index is 11.9. The predicted octanol–water partition coefficient (Wildman–Crippen LogP) is 2.35. The van der Waals surface area contributed by atoms with Gasteiger partial charge in [-0.05, 0) is 26.7 Å². The van der Waals surface area contributed by atoms with E-state index in [0.29, 0.717) is 12.8 Å². The molecule has 0 aromatic heterocycles. The van der Waals surface area contributed by atoms with E-state index in [1.54, 1.807) is 0 Å². The van der Waals surface area contributed by atoms with Crippen molar-refractivity contribution in [3.8, 4) is 0 Å². The van der Waals surface area contributed by atoms with Crippen molar-refractivity contribution in [2.45, 2.75) is 45.0 Å². The molecule has 84 valence electrons. The fourth-order valence-electron chi connectivity index (χ4n) is 1.73. The third-order valence-corrected chi connectivity index (χ3v) is 2.18. The Hall–Kier alpha value is -0.225. The maximum Gasteiger partial charge on any atom is 0.503 e. The number of hydrogen-bond donors (Lipinski definition) is 0. The summed E-state index contributed by atoms with van der Waals surface area (Å²) in [5, 5.41) is 0. The van der Waals surface area contributed by atoms with Crippen LogP contribution in [0.3, 0.4) is 0 Å². The molecule has 0 aromatic rings. The molecule has 0 aliphatic carbocycles. The van der Waals surface area contributed by atoms with E-state index in [1.165, 1.54) is 0 Å². The van der Waals surface area contributed by atoms with Crippen molar-refractivity contribution in [2.75, 3.05) is 6.51 Å². The van der Waals surface area contributed by atoms with E-state index in [9.17, 15) is 12.9 Å². The van der Waals surface area contributed by atoms with Crippen molar-refractivity contribution >= 4 is 6.98 Å². The lowest BCUT2D eigenvalue weighted by Gasteiger charge is -2.33. The molecule has 0 aromatic carbocycles. The maximum absolute atomic E-state index is 11.9. The highest BCUT2D eigenvalue weighted by molar-refractivity contribution is 6.58. The fraction of sp³-hybridized carbons (Fsp3) is 1.00. The van der Waals surface area contributed by atoms with E-state index < -0.39 is 13.5 Å². The van der Waals surface area contributed by atoms with Crippen LogP contribution in [0.5, 0.6) is 0 Å². The van der Waals surface area contributed by atoms with Crippen LogP contribution in [-0.2, 0) is 9.47 Å². The van der Waals surface area contributed by atoms with Crippen LogP contribution in [0.2, 0.25) is 0 Å². The first-order chi connectivity index (χ1) is 6.37. The fourth-order valence-corrected chi connectivity index (χ4v) is 1.73. The zero-order valence-electron chi connectivity index (χ0n) is 8.38. The minimum absolute atomic E-state index is 0.00974. The second-order valence-electron chi connectivity index (χ2n) is 3.89. The minimum atomic E-state index is -4.82. The highest BCUT2D eigenvalue weighted by Crippen LogP contribution is 2.22. The first-order valence-corrected chi connectivity index (χ1v) is 4.85. The van der Waals surface area contributed by atoms with E-state index in [1.807, 2.05) is 13.8 Å². The highest BCUT2D eigenvalue weighted by atomic mass is 19.4. The summed E-state index contributed by atoms with van der Waals surface area (Å²) in [6, 6.07) is 0. The first kappa shape index (κ1) is 11.8. The molecule has 2 atom stereocenters. The van der Waals surface area contributed by atoms with Gasteiger partial charge in [0.2, 0.25) is 0 Å². The summed E-state index contributed by atoms with van der Waals surface area (Å²) in [7, 11) is 0. The smallest absolute Gasteiger partial charge is 0.447 e. The molecule has 0 spiro atoms. The van der Waals surface area contributed by atoms with E-state index in [0.717, 1.165) is 0 Å². The van der Waals surface area contributed by atoms with Gasteiger partial charge >= 0.3 is 6.98 Å². The van der Waals surface area contributed by atoms with Crippen LogP contribution in [0.1, 0.15) is 26.7 Å². The van der Waals surface area contributed by atoms with Crippen molar-refractivity contribution < 1.29 is 22.4 Å². The highest BCUT2D eigenvalue weighted by Gasteiger charge is 2.29. The quantitative estimate of drug-likeness (QED) is 0.667.